The van der Waals surface area contributed by atoms with Gasteiger partial charge in [0.2, 0.25) is 5.91 Å². The van der Waals surface area contributed by atoms with Gasteiger partial charge in [-0.25, -0.2) is 4.98 Å². The number of carbonyl (C=O) groups is 1. The van der Waals surface area contributed by atoms with E-state index in [1.807, 2.05) is 60.7 Å². The van der Waals surface area contributed by atoms with Gasteiger partial charge in [-0.05, 0) is 58.3 Å². The molecule has 0 aliphatic rings. The summed E-state index contributed by atoms with van der Waals surface area (Å²) in [5.41, 5.74) is 4.06. The van der Waals surface area contributed by atoms with Crippen molar-refractivity contribution in [1.82, 2.24) is 4.98 Å². The highest BCUT2D eigenvalue weighted by Gasteiger charge is 2.08. The van der Waals surface area contributed by atoms with Gasteiger partial charge in [0, 0.05) is 23.8 Å². The first kappa shape index (κ1) is 20.0. The van der Waals surface area contributed by atoms with Gasteiger partial charge in [-0.1, -0.05) is 36.4 Å². The van der Waals surface area contributed by atoms with E-state index in [9.17, 15) is 9.36 Å². The quantitative estimate of drug-likeness (QED) is 0.398. The van der Waals surface area contributed by atoms with Crippen LogP contribution in [0.3, 0.4) is 0 Å². The van der Waals surface area contributed by atoms with Crippen molar-refractivity contribution in [3.63, 3.8) is 0 Å². The van der Waals surface area contributed by atoms with E-state index in [2.05, 4.69) is 10.3 Å². The van der Waals surface area contributed by atoms with Gasteiger partial charge < -0.3 is 15.1 Å². The topological polar surface area (TPSA) is 99.5 Å². The zero-order chi connectivity index (χ0) is 21.3. The van der Waals surface area contributed by atoms with E-state index in [4.69, 9.17) is 9.79 Å². The van der Waals surface area contributed by atoms with Crippen molar-refractivity contribution < 1.29 is 19.1 Å². The minimum Gasteiger partial charge on any atom is -0.326 e. The first-order valence-corrected chi connectivity index (χ1v) is 10.9. The number of amides is 1. The van der Waals surface area contributed by atoms with Crippen molar-refractivity contribution in [2.75, 3.05) is 5.32 Å². The second kappa shape index (κ2) is 7.84. The first-order chi connectivity index (χ1) is 14.3. The average Bonchev–Trinajstić information content (AvgIpc) is 2.70. The lowest BCUT2D eigenvalue weighted by Crippen LogP contribution is -2.05. The summed E-state index contributed by atoms with van der Waals surface area (Å²) in [6.07, 6.45) is 1.32. The van der Waals surface area contributed by atoms with E-state index in [0.29, 0.717) is 5.69 Å². The Bertz CT molecular complexity index is 1360. The molecule has 0 saturated heterocycles. The molecule has 0 unspecified atom stereocenters. The van der Waals surface area contributed by atoms with Crippen LogP contribution in [0.2, 0.25) is 0 Å². The molecule has 1 heterocycles. The lowest BCUT2D eigenvalue weighted by Gasteiger charge is -2.10. The number of nitrogens with zero attached hydrogens (tertiary/aromatic N) is 1. The van der Waals surface area contributed by atoms with E-state index in [0.717, 1.165) is 44.3 Å². The summed E-state index contributed by atoms with van der Waals surface area (Å²) < 4.78 is 11.0. The lowest BCUT2D eigenvalue weighted by molar-refractivity contribution is -0.114. The lowest BCUT2D eigenvalue weighted by atomic mass is 9.96. The molecule has 0 saturated carbocycles. The number of anilines is 1. The van der Waals surface area contributed by atoms with E-state index < -0.39 is 7.60 Å². The molecule has 0 fully saturated rings. The van der Waals surface area contributed by atoms with Crippen LogP contribution in [-0.4, -0.2) is 20.7 Å². The summed E-state index contributed by atoms with van der Waals surface area (Å²) in [6.45, 7) is 1.48. The Morgan fingerprint density at radius 3 is 2.60 bits per heavy atom. The van der Waals surface area contributed by atoms with Gasteiger partial charge in [-0.3, -0.25) is 9.36 Å². The maximum Gasteiger partial charge on any atom is 0.349 e. The molecule has 150 valence electrons. The van der Waals surface area contributed by atoms with Crippen LogP contribution in [0.4, 0.5) is 5.69 Å². The van der Waals surface area contributed by atoms with Crippen molar-refractivity contribution in [3.8, 4) is 11.1 Å². The molecule has 0 radical (unpaired) electrons. The van der Waals surface area contributed by atoms with Gasteiger partial charge in [0.25, 0.3) is 0 Å². The van der Waals surface area contributed by atoms with Crippen LogP contribution in [0.1, 0.15) is 12.6 Å². The average molecular weight is 418 g/mol. The molecule has 4 rings (SSSR count). The van der Waals surface area contributed by atoms with Crippen LogP contribution in [0.5, 0.6) is 0 Å². The van der Waals surface area contributed by atoms with Gasteiger partial charge in [0.05, 0.1) is 11.2 Å². The van der Waals surface area contributed by atoms with E-state index in [-0.39, 0.29) is 5.91 Å². The molecule has 3 N–H and O–H groups in total. The highest BCUT2D eigenvalue weighted by atomic mass is 31.2. The van der Waals surface area contributed by atoms with Crippen LogP contribution in [0, 0.1) is 0 Å². The van der Waals surface area contributed by atoms with Crippen molar-refractivity contribution in [1.29, 1.82) is 0 Å². The smallest absolute Gasteiger partial charge is 0.326 e. The number of aromatic nitrogens is 1. The summed E-state index contributed by atoms with van der Waals surface area (Å²) in [4.78, 5) is 33.7. The SMILES string of the molecule is CC(=O)Nc1ccc2c(-c3ccc4nc(/C=C/P(=O)(O)O)ccc4c3)cccc2c1. The Morgan fingerprint density at radius 1 is 1.00 bits per heavy atom. The van der Waals surface area contributed by atoms with Gasteiger partial charge in [-0.15, -0.1) is 0 Å². The summed E-state index contributed by atoms with van der Waals surface area (Å²) in [5, 5.41) is 5.82. The molecule has 7 heteroatoms. The van der Waals surface area contributed by atoms with Crippen LogP contribution < -0.4 is 5.32 Å². The Morgan fingerprint density at radius 2 is 1.83 bits per heavy atom. The summed E-state index contributed by atoms with van der Waals surface area (Å²) in [5.74, 6) is 0.739. The fourth-order valence-electron chi connectivity index (χ4n) is 3.39. The van der Waals surface area contributed by atoms with Crippen molar-refractivity contribution in [3.05, 3.63) is 78.2 Å². The number of carbonyl (C=O) groups excluding carboxylic acids is 1. The van der Waals surface area contributed by atoms with Crippen LogP contribution in [-0.2, 0) is 9.36 Å². The van der Waals surface area contributed by atoms with Crippen molar-refractivity contribution >= 4 is 46.9 Å². The van der Waals surface area contributed by atoms with E-state index in [1.165, 1.54) is 13.0 Å². The van der Waals surface area contributed by atoms with Crippen LogP contribution in [0.15, 0.2) is 72.5 Å². The molecule has 30 heavy (non-hydrogen) atoms. The summed E-state index contributed by atoms with van der Waals surface area (Å²) in [6, 6.07) is 21.4. The number of fused-ring (bicyclic) bond motifs is 2. The normalized spacial score (nSPS) is 12.0. The van der Waals surface area contributed by atoms with E-state index >= 15 is 0 Å². The molecular formula is C23H19N2O4P. The zero-order valence-electron chi connectivity index (χ0n) is 16.1. The van der Waals surface area contributed by atoms with Gasteiger partial charge >= 0.3 is 7.60 Å². The molecular weight excluding hydrogens is 399 g/mol. The van der Waals surface area contributed by atoms with Crippen molar-refractivity contribution in [2.45, 2.75) is 6.92 Å². The molecule has 0 aliphatic carbocycles. The standard InChI is InChI=1S/C23H19N2O4P/c1-15(26)24-20-8-9-22-16(14-20)3-2-4-21(22)17-6-10-23-18(13-17)5-7-19(25-23)11-12-30(27,28)29/h2-14H,1H3,(H,24,26)(H2,27,28,29)/b12-11+. The molecule has 4 aromatic rings. The Balaban J connectivity index is 1.74. The molecule has 0 bridgehead atoms. The largest absolute Gasteiger partial charge is 0.349 e. The van der Waals surface area contributed by atoms with Crippen LogP contribution in [0.25, 0.3) is 38.9 Å². The third-order valence-electron chi connectivity index (χ3n) is 4.66. The molecule has 3 aromatic carbocycles. The van der Waals surface area contributed by atoms with Gasteiger partial charge in [0.1, 0.15) is 0 Å². The number of nitrogens with one attached hydrogen (secondary N) is 1. The maximum atomic E-state index is 11.3. The predicted octanol–water partition coefficient (Wildman–Crippen LogP) is 5.16. The molecule has 0 atom stereocenters. The van der Waals surface area contributed by atoms with E-state index in [1.54, 1.807) is 6.07 Å². The number of rotatable bonds is 4. The first-order valence-electron chi connectivity index (χ1n) is 9.24. The predicted molar refractivity (Wildman–Crippen MR) is 120 cm³/mol. The molecule has 1 aromatic heterocycles. The Hall–Kier alpha value is -3.31. The highest BCUT2D eigenvalue weighted by Crippen LogP contribution is 2.37. The number of hydrogen-bond acceptors (Lipinski definition) is 3. The number of pyridine rings is 1. The maximum absolute atomic E-state index is 11.3. The summed E-state index contributed by atoms with van der Waals surface area (Å²) in [7, 11) is -4.22. The van der Waals surface area contributed by atoms with Crippen molar-refractivity contribution in [2.24, 2.45) is 0 Å². The Labute approximate surface area is 173 Å². The molecule has 6 nitrogen and oxygen atoms in total. The van der Waals surface area contributed by atoms with Gasteiger partial charge in [0.15, 0.2) is 0 Å². The number of benzene rings is 3. The third-order valence-corrected chi connectivity index (χ3v) is 5.20. The highest BCUT2D eigenvalue weighted by molar-refractivity contribution is 7.55. The molecule has 0 spiro atoms. The fraction of sp³-hybridized carbons (Fsp3) is 0.0435. The minimum atomic E-state index is -4.22. The monoisotopic (exact) mass is 418 g/mol. The minimum absolute atomic E-state index is 0.109. The third kappa shape index (κ3) is 4.47. The second-order valence-electron chi connectivity index (χ2n) is 6.97. The Kier molecular flexibility index (Phi) is 5.22. The summed E-state index contributed by atoms with van der Waals surface area (Å²) >= 11 is 0. The molecule has 0 aliphatic heterocycles. The molecule has 1 amide bonds. The zero-order valence-corrected chi connectivity index (χ0v) is 17.0. The second-order valence-corrected chi connectivity index (χ2v) is 8.45. The fourth-order valence-corrected chi connectivity index (χ4v) is 3.74. The van der Waals surface area contributed by atoms with Gasteiger partial charge in [-0.2, -0.15) is 0 Å². The number of hydrogen-bond donors (Lipinski definition) is 3. The van der Waals surface area contributed by atoms with Crippen LogP contribution >= 0.6 is 7.60 Å².